The number of halogens is 1. The van der Waals surface area contributed by atoms with Crippen LogP contribution in [-0.2, 0) is 4.74 Å². The van der Waals surface area contributed by atoms with E-state index in [1.165, 1.54) is 24.1 Å². The molecule has 0 unspecified atom stereocenters. The van der Waals surface area contributed by atoms with Gasteiger partial charge in [0.2, 0.25) is 0 Å². The van der Waals surface area contributed by atoms with Gasteiger partial charge in [0.25, 0.3) is 0 Å². The summed E-state index contributed by atoms with van der Waals surface area (Å²) >= 11 is 9.16. The average Bonchev–Trinajstić information content (AvgIpc) is 2.58. The van der Waals surface area contributed by atoms with Crippen LogP contribution in [0.15, 0.2) is 40.0 Å². The third-order valence-corrected chi connectivity index (χ3v) is 5.08. The SMILES string of the molecule is S=C(Nc1ccc(Br)cc1)C1=C(N2CCOCC2)CCCC1. The van der Waals surface area contributed by atoms with Crippen molar-refractivity contribution in [3.8, 4) is 0 Å². The number of hydrogen-bond acceptors (Lipinski definition) is 3. The molecule has 1 aromatic rings. The molecule has 0 radical (unpaired) electrons. The Bertz CT molecular complexity index is 565. The van der Waals surface area contributed by atoms with Crippen molar-refractivity contribution < 1.29 is 4.74 Å². The smallest absolute Gasteiger partial charge is 0.108 e. The predicted molar refractivity (Wildman–Crippen MR) is 98.2 cm³/mol. The van der Waals surface area contributed by atoms with Crippen LogP contribution in [0, 0.1) is 0 Å². The molecule has 1 aliphatic heterocycles. The van der Waals surface area contributed by atoms with Crippen LogP contribution in [0.4, 0.5) is 5.69 Å². The molecule has 1 fully saturated rings. The van der Waals surface area contributed by atoms with Gasteiger partial charge in [0.05, 0.1) is 13.2 Å². The lowest BCUT2D eigenvalue weighted by Crippen LogP contribution is -2.37. The normalized spacial score (nSPS) is 19.2. The molecule has 118 valence electrons. The highest BCUT2D eigenvalue weighted by molar-refractivity contribution is 9.10. The molecule has 1 heterocycles. The molecule has 0 aromatic heterocycles. The molecule has 0 spiro atoms. The second-order valence-electron chi connectivity index (χ2n) is 5.69. The zero-order valence-corrected chi connectivity index (χ0v) is 15.0. The van der Waals surface area contributed by atoms with Crippen LogP contribution < -0.4 is 5.32 Å². The number of ether oxygens (including phenoxy) is 1. The number of rotatable bonds is 3. The van der Waals surface area contributed by atoms with Crippen molar-refractivity contribution in [3.63, 3.8) is 0 Å². The molecule has 0 saturated carbocycles. The number of morpholine rings is 1. The predicted octanol–water partition coefficient (Wildman–Crippen LogP) is 4.35. The van der Waals surface area contributed by atoms with Gasteiger partial charge in [-0.25, -0.2) is 0 Å². The van der Waals surface area contributed by atoms with Gasteiger partial charge in [0.1, 0.15) is 4.99 Å². The Labute approximate surface area is 145 Å². The molecule has 1 aromatic carbocycles. The van der Waals surface area contributed by atoms with Gasteiger partial charge in [-0.05, 0) is 49.9 Å². The third-order valence-electron chi connectivity index (χ3n) is 4.21. The van der Waals surface area contributed by atoms with Gasteiger partial charge in [0.15, 0.2) is 0 Å². The molecule has 0 amide bonds. The minimum Gasteiger partial charge on any atom is -0.378 e. The van der Waals surface area contributed by atoms with Crippen molar-refractivity contribution in [2.75, 3.05) is 31.6 Å². The zero-order valence-electron chi connectivity index (χ0n) is 12.6. The Morgan fingerprint density at radius 3 is 2.50 bits per heavy atom. The van der Waals surface area contributed by atoms with Gasteiger partial charge >= 0.3 is 0 Å². The fraction of sp³-hybridized carbons (Fsp3) is 0.471. The fourth-order valence-electron chi connectivity index (χ4n) is 3.06. The van der Waals surface area contributed by atoms with Crippen molar-refractivity contribution in [2.45, 2.75) is 25.7 Å². The first-order valence-corrected chi connectivity index (χ1v) is 9.06. The molecule has 0 atom stereocenters. The van der Waals surface area contributed by atoms with Gasteiger partial charge in [0, 0.05) is 34.5 Å². The van der Waals surface area contributed by atoms with E-state index in [0.717, 1.165) is 54.3 Å². The molecule has 1 aliphatic carbocycles. The van der Waals surface area contributed by atoms with Gasteiger partial charge in [-0.3, -0.25) is 0 Å². The molecule has 5 heteroatoms. The monoisotopic (exact) mass is 380 g/mol. The standard InChI is InChI=1S/C17H21BrN2OS/c18-13-5-7-14(8-6-13)19-17(22)15-3-1-2-4-16(15)20-9-11-21-12-10-20/h5-8H,1-4,9-12H2,(H,19,22). The van der Waals surface area contributed by atoms with Crippen LogP contribution in [0.2, 0.25) is 0 Å². The molecule has 3 rings (SSSR count). The van der Waals surface area contributed by atoms with E-state index in [-0.39, 0.29) is 0 Å². The average molecular weight is 381 g/mol. The minimum atomic E-state index is 0.823. The van der Waals surface area contributed by atoms with E-state index in [2.05, 4.69) is 26.1 Å². The van der Waals surface area contributed by atoms with Crippen molar-refractivity contribution in [3.05, 3.63) is 40.0 Å². The van der Waals surface area contributed by atoms with E-state index >= 15 is 0 Å². The topological polar surface area (TPSA) is 24.5 Å². The van der Waals surface area contributed by atoms with Crippen LogP contribution >= 0.6 is 28.1 Å². The molecule has 2 aliphatic rings. The highest BCUT2D eigenvalue weighted by Gasteiger charge is 2.22. The highest BCUT2D eigenvalue weighted by Crippen LogP contribution is 2.29. The van der Waals surface area contributed by atoms with Crippen LogP contribution in [0.1, 0.15) is 25.7 Å². The van der Waals surface area contributed by atoms with E-state index in [0.29, 0.717) is 0 Å². The molecule has 22 heavy (non-hydrogen) atoms. The zero-order chi connectivity index (χ0) is 15.4. The lowest BCUT2D eigenvalue weighted by molar-refractivity contribution is 0.0510. The molecule has 1 N–H and O–H groups in total. The van der Waals surface area contributed by atoms with E-state index in [1.807, 2.05) is 24.3 Å². The van der Waals surface area contributed by atoms with Gasteiger partial charge < -0.3 is 15.0 Å². The number of thiocarbonyl (C=S) groups is 1. The van der Waals surface area contributed by atoms with Crippen LogP contribution in [-0.4, -0.2) is 36.2 Å². The third kappa shape index (κ3) is 3.89. The Morgan fingerprint density at radius 1 is 1.09 bits per heavy atom. The van der Waals surface area contributed by atoms with Crippen molar-refractivity contribution >= 4 is 38.8 Å². The maximum absolute atomic E-state index is 5.70. The largest absolute Gasteiger partial charge is 0.378 e. The summed E-state index contributed by atoms with van der Waals surface area (Å²) in [7, 11) is 0. The Hall–Kier alpha value is -0.910. The molecular formula is C17H21BrN2OS. The van der Waals surface area contributed by atoms with Gasteiger partial charge in [-0.2, -0.15) is 0 Å². The van der Waals surface area contributed by atoms with Gasteiger partial charge in [-0.1, -0.05) is 28.1 Å². The van der Waals surface area contributed by atoms with E-state index in [4.69, 9.17) is 17.0 Å². The maximum atomic E-state index is 5.70. The molecular weight excluding hydrogens is 360 g/mol. The Balaban J connectivity index is 1.77. The quantitative estimate of drug-likeness (QED) is 0.787. The first-order chi connectivity index (χ1) is 10.7. The lowest BCUT2D eigenvalue weighted by atomic mass is 9.94. The summed E-state index contributed by atoms with van der Waals surface area (Å²) in [5.74, 6) is 0. The second-order valence-corrected chi connectivity index (χ2v) is 7.02. The summed E-state index contributed by atoms with van der Waals surface area (Å²) in [5.41, 5.74) is 3.81. The Kier molecular flexibility index (Phi) is 5.50. The van der Waals surface area contributed by atoms with Crippen molar-refractivity contribution in [1.29, 1.82) is 0 Å². The summed E-state index contributed by atoms with van der Waals surface area (Å²) < 4.78 is 6.55. The molecule has 3 nitrogen and oxygen atoms in total. The number of anilines is 1. The summed E-state index contributed by atoms with van der Waals surface area (Å²) in [6, 6.07) is 8.16. The number of hydrogen-bond donors (Lipinski definition) is 1. The van der Waals surface area contributed by atoms with E-state index < -0.39 is 0 Å². The highest BCUT2D eigenvalue weighted by atomic mass is 79.9. The summed E-state index contributed by atoms with van der Waals surface area (Å²) in [4.78, 5) is 3.34. The molecule has 1 saturated heterocycles. The minimum absolute atomic E-state index is 0.823. The first-order valence-electron chi connectivity index (χ1n) is 7.85. The first kappa shape index (κ1) is 16.0. The van der Waals surface area contributed by atoms with Crippen LogP contribution in [0.3, 0.4) is 0 Å². The summed E-state index contributed by atoms with van der Waals surface area (Å²) in [6.07, 6.45) is 4.70. The number of nitrogens with one attached hydrogen (secondary N) is 1. The number of nitrogens with zero attached hydrogens (tertiary/aromatic N) is 1. The van der Waals surface area contributed by atoms with Crippen molar-refractivity contribution in [2.24, 2.45) is 0 Å². The summed E-state index contributed by atoms with van der Waals surface area (Å²) in [5, 5.41) is 3.40. The second kappa shape index (κ2) is 7.57. The lowest BCUT2D eigenvalue weighted by Gasteiger charge is -2.35. The van der Waals surface area contributed by atoms with Crippen LogP contribution in [0.25, 0.3) is 0 Å². The number of allylic oxidation sites excluding steroid dienone is 1. The number of benzene rings is 1. The maximum Gasteiger partial charge on any atom is 0.108 e. The van der Waals surface area contributed by atoms with E-state index in [9.17, 15) is 0 Å². The molecule has 0 bridgehead atoms. The van der Waals surface area contributed by atoms with Crippen molar-refractivity contribution in [1.82, 2.24) is 4.90 Å². The fourth-order valence-corrected chi connectivity index (χ4v) is 3.66. The van der Waals surface area contributed by atoms with Crippen LogP contribution in [0.5, 0.6) is 0 Å². The van der Waals surface area contributed by atoms with E-state index in [1.54, 1.807) is 0 Å². The summed E-state index contributed by atoms with van der Waals surface area (Å²) in [6.45, 7) is 3.62. The van der Waals surface area contributed by atoms with Gasteiger partial charge in [-0.15, -0.1) is 0 Å². The Morgan fingerprint density at radius 2 is 1.77 bits per heavy atom.